The van der Waals surface area contributed by atoms with E-state index in [1.165, 1.54) is 0 Å². The second-order valence-corrected chi connectivity index (χ2v) is 6.09. The summed E-state index contributed by atoms with van der Waals surface area (Å²) >= 11 is 0. The van der Waals surface area contributed by atoms with Crippen LogP contribution >= 0.6 is 0 Å². The van der Waals surface area contributed by atoms with Gasteiger partial charge in [0.05, 0.1) is 12.5 Å². The number of carbonyl (C=O) groups excluding carboxylic acids is 2. The molecule has 25 heavy (non-hydrogen) atoms. The van der Waals surface area contributed by atoms with Crippen molar-refractivity contribution in [2.24, 2.45) is 5.73 Å². The Hall–Kier alpha value is -3.02. The van der Waals surface area contributed by atoms with Gasteiger partial charge in [0.15, 0.2) is 0 Å². The normalized spacial score (nSPS) is 14.4. The van der Waals surface area contributed by atoms with Crippen LogP contribution in [0.1, 0.15) is 30.9 Å². The summed E-state index contributed by atoms with van der Waals surface area (Å²) in [6.45, 7) is 0. The maximum absolute atomic E-state index is 12.1. The van der Waals surface area contributed by atoms with Crippen LogP contribution in [0.3, 0.4) is 0 Å². The highest BCUT2D eigenvalue weighted by Gasteiger charge is 2.25. The quantitative estimate of drug-likeness (QED) is 0.724. The fourth-order valence-corrected chi connectivity index (χ4v) is 2.54. The van der Waals surface area contributed by atoms with E-state index in [-0.39, 0.29) is 18.4 Å². The highest BCUT2D eigenvalue weighted by atomic mass is 16.5. The molecular weight excluding hydrogens is 318 g/mol. The lowest BCUT2D eigenvalue weighted by Crippen LogP contribution is -2.37. The van der Waals surface area contributed by atoms with Crippen molar-refractivity contribution in [1.29, 1.82) is 0 Å². The smallest absolute Gasteiger partial charge is 0.312 e. The number of para-hydroxylation sites is 1. The van der Waals surface area contributed by atoms with E-state index in [4.69, 9.17) is 10.5 Å². The third kappa shape index (κ3) is 5.24. The molecule has 0 aliphatic heterocycles. The van der Waals surface area contributed by atoms with Crippen molar-refractivity contribution in [3.63, 3.8) is 0 Å². The van der Waals surface area contributed by atoms with Crippen LogP contribution in [-0.2, 0) is 4.79 Å². The Bertz CT molecular complexity index is 745. The monoisotopic (exact) mass is 339 g/mol. The molecule has 6 heteroatoms. The van der Waals surface area contributed by atoms with Gasteiger partial charge in [0.25, 0.3) is 0 Å². The number of hydrogen-bond donors (Lipinski definition) is 3. The van der Waals surface area contributed by atoms with Gasteiger partial charge in [0, 0.05) is 6.04 Å². The molecule has 0 spiro atoms. The number of ether oxygens (including phenoxy) is 1. The molecule has 2 aromatic rings. The zero-order valence-electron chi connectivity index (χ0n) is 13.8. The van der Waals surface area contributed by atoms with Gasteiger partial charge in [-0.05, 0) is 42.7 Å². The SMILES string of the molecule is NC(=O)N[C@@H](CC(=O)NC1CC1)c1cccc(Oc2ccccc2)c1. The lowest BCUT2D eigenvalue weighted by Gasteiger charge is -2.18. The van der Waals surface area contributed by atoms with E-state index in [1.54, 1.807) is 6.07 Å². The zero-order chi connectivity index (χ0) is 17.6. The van der Waals surface area contributed by atoms with Crippen molar-refractivity contribution in [2.45, 2.75) is 31.3 Å². The van der Waals surface area contributed by atoms with Crippen molar-refractivity contribution in [2.75, 3.05) is 0 Å². The van der Waals surface area contributed by atoms with E-state index in [1.807, 2.05) is 48.5 Å². The maximum atomic E-state index is 12.1. The van der Waals surface area contributed by atoms with Crippen molar-refractivity contribution in [3.8, 4) is 11.5 Å². The van der Waals surface area contributed by atoms with Crippen LogP contribution in [0.5, 0.6) is 11.5 Å². The molecule has 0 bridgehead atoms. The average Bonchev–Trinajstić information content (AvgIpc) is 3.39. The number of nitrogens with two attached hydrogens (primary N) is 1. The Kier molecular flexibility index (Phi) is 5.18. The average molecular weight is 339 g/mol. The van der Waals surface area contributed by atoms with Gasteiger partial charge in [-0.15, -0.1) is 0 Å². The first-order valence-electron chi connectivity index (χ1n) is 8.28. The van der Waals surface area contributed by atoms with Gasteiger partial charge in [-0.2, -0.15) is 0 Å². The third-order valence-electron chi connectivity index (χ3n) is 3.89. The minimum absolute atomic E-state index is 0.101. The first-order valence-corrected chi connectivity index (χ1v) is 8.28. The largest absolute Gasteiger partial charge is 0.457 e. The molecule has 1 fully saturated rings. The number of nitrogens with one attached hydrogen (secondary N) is 2. The molecule has 4 N–H and O–H groups in total. The molecule has 2 aromatic carbocycles. The lowest BCUT2D eigenvalue weighted by atomic mass is 10.0. The number of benzene rings is 2. The van der Waals surface area contributed by atoms with Crippen molar-refractivity contribution in [3.05, 3.63) is 60.2 Å². The molecule has 1 saturated carbocycles. The topological polar surface area (TPSA) is 93.5 Å². The summed E-state index contributed by atoms with van der Waals surface area (Å²) < 4.78 is 5.81. The summed E-state index contributed by atoms with van der Waals surface area (Å²) in [5.41, 5.74) is 6.03. The lowest BCUT2D eigenvalue weighted by molar-refractivity contribution is -0.121. The molecule has 0 unspecified atom stereocenters. The van der Waals surface area contributed by atoms with Gasteiger partial charge in [-0.3, -0.25) is 4.79 Å². The van der Waals surface area contributed by atoms with Crippen LogP contribution in [0.25, 0.3) is 0 Å². The van der Waals surface area contributed by atoms with Crippen LogP contribution in [0.15, 0.2) is 54.6 Å². The summed E-state index contributed by atoms with van der Waals surface area (Å²) in [6, 6.07) is 15.8. The number of amides is 3. The maximum Gasteiger partial charge on any atom is 0.312 e. The molecular formula is C19H21N3O3. The number of urea groups is 1. The summed E-state index contributed by atoms with van der Waals surface area (Å²) in [4.78, 5) is 23.4. The molecule has 1 aliphatic carbocycles. The standard InChI is InChI=1S/C19H21N3O3/c20-19(24)22-17(12-18(23)21-14-9-10-14)13-5-4-8-16(11-13)25-15-6-2-1-3-7-15/h1-8,11,14,17H,9-10,12H2,(H,21,23)(H3,20,22,24)/t17-/m0/s1. The van der Waals surface area contributed by atoms with Crippen LogP contribution in [0.4, 0.5) is 4.79 Å². The molecule has 3 amide bonds. The predicted molar refractivity (Wildman–Crippen MR) is 94.2 cm³/mol. The van der Waals surface area contributed by atoms with Crippen LogP contribution in [0, 0.1) is 0 Å². The Balaban J connectivity index is 1.73. The molecule has 1 atom stereocenters. The summed E-state index contributed by atoms with van der Waals surface area (Å²) in [7, 11) is 0. The molecule has 0 saturated heterocycles. The fraction of sp³-hybridized carbons (Fsp3) is 0.263. The first-order chi connectivity index (χ1) is 12.1. The van der Waals surface area contributed by atoms with Crippen molar-refractivity contribution < 1.29 is 14.3 Å². The van der Waals surface area contributed by atoms with Crippen LogP contribution in [0.2, 0.25) is 0 Å². The summed E-state index contributed by atoms with van der Waals surface area (Å²) in [5, 5.41) is 5.55. The molecule has 6 nitrogen and oxygen atoms in total. The van der Waals surface area contributed by atoms with Gasteiger partial charge in [0.2, 0.25) is 5.91 Å². The highest BCUT2D eigenvalue weighted by molar-refractivity contribution is 5.79. The molecule has 0 heterocycles. The Labute approximate surface area is 146 Å². The van der Waals surface area contributed by atoms with Crippen molar-refractivity contribution in [1.82, 2.24) is 10.6 Å². The van der Waals surface area contributed by atoms with Gasteiger partial charge < -0.3 is 21.1 Å². The third-order valence-corrected chi connectivity index (χ3v) is 3.89. The van der Waals surface area contributed by atoms with Crippen LogP contribution < -0.4 is 21.1 Å². The van der Waals surface area contributed by atoms with E-state index >= 15 is 0 Å². The van der Waals surface area contributed by atoms with Gasteiger partial charge >= 0.3 is 6.03 Å². The molecule has 0 radical (unpaired) electrons. The summed E-state index contributed by atoms with van der Waals surface area (Å²) in [6.07, 6.45) is 2.16. The highest BCUT2D eigenvalue weighted by Crippen LogP contribution is 2.26. The Morgan fingerprint density at radius 1 is 1.08 bits per heavy atom. The minimum Gasteiger partial charge on any atom is -0.457 e. The van der Waals surface area contributed by atoms with E-state index in [2.05, 4.69) is 10.6 Å². The first kappa shape index (κ1) is 16.8. The number of rotatable bonds is 7. The fourth-order valence-electron chi connectivity index (χ4n) is 2.54. The number of primary amides is 1. The number of hydrogen-bond acceptors (Lipinski definition) is 3. The minimum atomic E-state index is -0.668. The van der Waals surface area contributed by atoms with E-state index < -0.39 is 12.1 Å². The Morgan fingerprint density at radius 3 is 2.48 bits per heavy atom. The van der Waals surface area contributed by atoms with Crippen LogP contribution in [-0.4, -0.2) is 18.0 Å². The van der Waals surface area contributed by atoms with Crippen molar-refractivity contribution >= 4 is 11.9 Å². The zero-order valence-corrected chi connectivity index (χ0v) is 13.8. The van der Waals surface area contributed by atoms with Gasteiger partial charge in [0.1, 0.15) is 11.5 Å². The Morgan fingerprint density at radius 2 is 1.80 bits per heavy atom. The van der Waals surface area contributed by atoms with E-state index in [0.29, 0.717) is 11.5 Å². The second-order valence-electron chi connectivity index (χ2n) is 6.09. The molecule has 130 valence electrons. The predicted octanol–water partition coefficient (Wildman–Crippen LogP) is 2.86. The summed E-state index contributed by atoms with van der Waals surface area (Å²) in [5.74, 6) is 1.24. The van der Waals surface area contributed by atoms with Gasteiger partial charge in [-0.25, -0.2) is 4.79 Å². The molecule has 0 aromatic heterocycles. The number of carbonyl (C=O) groups is 2. The van der Waals surface area contributed by atoms with E-state index in [0.717, 1.165) is 18.4 Å². The second kappa shape index (κ2) is 7.70. The molecule has 1 aliphatic rings. The van der Waals surface area contributed by atoms with E-state index in [9.17, 15) is 9.59 Å². The molecule has 3 rings (SSSR count). The van der Waals surface area contributed by atoms with Gasteiger partial charge in [-0.1, -0.05) is 30.3 Å².